The van der Waals surface area contributed by atoms with Gasteiger partial charge in [0, 0.05) is 135 Å². The van der Waals surface area contributed by atoms with E-state index in [9.17, 15) is 43.9 Å². The number of ether oxygens (including phenoxy) is 4. The maximum Gasteiger partial charge on any atom is 0.416 e. The molecule has 0 spiro atoms. The lowest BCUT2D eigenvalue weighted by Gasteiger charge is -2.27. The van der Waals surface area contributed by atoms with Gasteiger partial charge < -0.3 is 64.4 Å². The molecule has 4 aromatic carbocycles. The number of pyridine rings is 4. The Morgan fingerprint density at radius 3 is 0.980 bits per heavy atom. The first kappa shape index (κ1) is 100. The predicted octanol–water partition coefficient (Wildman–Crippen LogP) is 15.7. The number of alkyl halides is 6. The zero-order chi connectivity index (χ0) is 102. The number of nitrogens with zero attached hydrogens (tertiary/aromatic N) is 28. The Labute approximate surface area is 830 Å². The second-order valence-corrected chi connectivity index (χ2v) is 31.7. The molecule has 4 saturated heterocycles. The Balaban J connectivity index is 0.000000134. The number of hydrazone groups is 4. The Morgan fingerprint density at radius 1 is 0.293 bits per heavy atom. The molecule has 4 fully saturated rings. The number of rotatable bonds is 28. The van der Waals surface area contributed by atoms with Crippen LogP contribution < -0.4 is 62.6 Å². The zero-order valence-corrected chi connectivity index (χ0v) is 77.3. The van der Waals surface area contributed by atoms with Gasteiger partial charge in [-0.15, -0.1) is 0 Å². The highest BCUT2D eigenvalue weighted by Crippen LogP contribution is 2.38. The number of benzene rings is 4. The zero-order valence-electron chi connectivity index (χ0n) is 77.3. The molecule has 0 saturated carbocycles. The van der Waals surface area contributed by atoms with Gasteiger partial charge in [0.1, 0.15) is 12.7 Å². The normalized spacial score (nSPS) is 13.9. The van der Waals surface area contributed by atoms with E-state index in [-0.39, 0.29) is 64.0 Å². The van der Waals surface area contributed by atoms with Crippen LogP contribution in [-0.4, -0.2) is 229 Å². The summed E-state index contributed by atoms with van der Waals surface area (Å²) in [5.74, 6) is -0.616. The first-order valence-corrected chi connectivity index (χ1v) is 45.1. The molecule has 0 aliphatic carbocycles. The van der Waals surface area contributed by atoms with Crippen LogP contribution in [0.4, 0.5) is 136 Å². The Hall–Kier alpha value is -18.3. The third-order valence-corrected chi connectivity index (χ3v) is 21.5. The Bertz CT molecular complexity index is 6930. The number of halogens is 10. The fraction of sp³-hybridized carbons (Fsp3) is 0.186. The van der Waals surface area contributed by atoms with Crippen molar-refractivity contribution < 1.29 is 62.9 Å². The summed E-state index contributed by atoms with van der Waals surface area (Å²) >= 11 is 0. The molecule has 20 rings (SSSR count). The largest absolute Gasteiger partial charge is 0.416 e. The maximum absolute atomic E-state index is 14.2. The average Bonchev–Trinajstić information content (AvgIpc) is 1.79. The Kier molecular flexibility index (Phi) is 33.3. The van der Waals surface area contributed by atoms with E-state index in [4.69, 9.17) is 18.9 Å². The summed E-state index contributed by atoms with van der Waals surface area (Å²) in [5, 5.41) is 28.9. The van der Waals surface area contributed by atoms with E-state index in [2.05, 4.69) is 158 Å². The van der Waals surface area contributed by atoms with Gasteiger partial charge in [0.15, 0.2) is 46.5 Å². The molecule has 12 aromatic heterocycles. The van der Waals surface area contributed by atoms with Crippen molar-refractivity contribution in [2.75, 3.05) is 168 Å². The first-order valence-electron chi connectivity index (χ1n) is 45.1. The topological polar surface area (TPSA) is 445 Å². The molecule has 16 aromatic rings. The number of hydrogen-bond acceptors (Lipinski definition) is 39. The van der Waals surface area contributed by atoms with Gasteiger partial charge in [-0.2, -0.15) is 66.7 Å². The molecule has 0 radical (unpaired) electrons. The van der Waals surface area contributed by atoms with Crippen molar-refractivity contribution in [1.82, 2.24) is 99.3 Å². The second kappa shape index (κ2) is 48.9. The fourth-order valence-electron chi connectivity index (χ4n) is 14.5. The van der Waals surface area contributed by atoms with E-state index in [1.807, 2.05) is 88.7 Å². The van der Waals surface area contributed by atoms with Crippen LogP contribution in [0.5, 0.6) is 0 Å². The monoisotopic (exact) mass is 2010 g/mol. The van der Waals surface area contributed by atoms with Gasteiger partial charge in [0.05, 0.1) is 214 Å². The molecular formula is C97H86F10N36O4. The number of anilines is 16. The summed E-state index contributed by atoms with van der Waals surface area (Å²) in [5.41, 5.74) is 20.7. The highest BCUT2D eigenvalue weighted by molar-refractivity contribution is 5.82. The van der Waals surface area contributed by atoms with Crippen LogP contribution in [0.1, 0.15) is 33.9 Å². The van der Waals surface area contributed by atoms with Crippen LogP contribution in [-0.2, 0) is 31.3 Å². The van der Waals surface area contributed by atoms with E-state index in [0.717, 1.165) is 94.3 Å². The maximum atomic E-state index is 14.2. The van der Waals surface area contributed by atoms with Crippen LogP contribution in [0.15, 0.2) is 278 Å². The van der Waals surface area contributed by atoms with E-state index < -0.39 is 46.7 Å². The van der Waals surface area contributed by atoms with Crippen LogP contribution >= 0.6 is 0 Å². The summed E-state index contributed by atoms with van der Waals surface area (Å²) in [6, 6.07) is 40.5. The molecule has 748 valence electrons. The van der Waals surface area contributed by atoms with E-state index in [1.165, 1.54) is 66.8 Å². The third kappa shape index (κ3) is 28.8. The summed E-state index contributed by atoms with van der Waals surface area (Å²) in [4.78, 5) is 85.4. The summed E-state index contributed by atoms with van der Waals surface area (Å²) in [6.45, 7) is 8.46. The van der Waals surface area contributed by atoms with E-state index >= 15 is 0 Å². The summed E-state index contributed by atoms with van der Waals surface area (Å²) in [7, 11) is 0. The lowest BCUT2D eigenvalue weighted by atomic mass is 10.1. The van der Waals surface area contributed by atoms with Crippen molar-refractivity contribution in [3.63, 3.8) is 0 Å². The van der Waals surface area contributed by atoms with Gasteiger partial charge in [-0.25, -0.2) is 84.1 Å². The van der Waals surface area contributed by atoms with Gasteiger partial charge in [0.2, 0.25) is 23.8 Å². The lowest BCUT2D eigenvalue weighted by molar-refractivity contribution is -0.138. The number of morpholine rings is 4. The number of nitrogens with one attached hydrogen (secondary N) is 8. The molecule has 40 nitrogen and oxygen atoms in total. The molecule has 16 heterocycles. The van der Waals surface area contributed by atoms with Crippen LogP contribution in [0.3, 0.4) is 0 Å². The molecule has 4 aliphatic rings. The van der Waals surface area contributed by atoms with Crippen LogP contribution in [0.2, 0.25) is 0 Å². The lowest BCUT2D eigenvalue weighted by Crippen LogP contribution is -2.37. The average molecular weight is 2010 g/mol. The first-order chi connectivity index (χ1) is 71.7. The summed E-state index contributed by atoms with van der Waals surface area (Å²) < 4.78 is 160. The quantitative estimate of drug-likeness (QED) is 0.0128. The van der Waals surface area contributed by atoms with Crippen LogP contribution in [0.25, 0.3) is 39.5 Å². The standard InChI is InChI=1S/C25H21F4N9O.C24H21F4N9O.2C24H22FN9O/c26-21-14-32-24(36-23(21)38-5-7-39-8-6-38)37-34-13-18-1-2-19(12-31-18)35-20-10-16(22-3-4-30-15-33-22)9-17(11-20)25(27,28)29;25-21-14-31-23(34-22(21)36-5-7-38-8-6-36)35-32-13-17-1-2-18(12-30-17)33-19-9-16(24(26,27)28)10-20(11-19)37-4-3-29-15-37;25-21-15-29-24(32-23(21)34-8-10-35-11-9-34)33-30-14-19-4-5-20(13-28-19)31-18-3-1-2-17(12-18)22-16-26-6-7-27-22;25-21-15-28-24(32-23(21)34-8-10-35-11-9-34)33-30-14-19-4-5-20(13-27-19)31-18-3-1-2-17(12-18)22-6-7-26-16-29-22/h1-4,9-15,35H,5-8H2,(H,32,36,37);1-4,9-15,33H,5-8H2,(H,31,34,35);1-7,12-16,31H,8-11H2,(H,29,32,33);1-7,12-16,31H,8-11H2,(H,28,32,33)/b34-13+;32-13+;2*30-14+. The minimum Gasteiger partial charge on any atom is -0.378 e. The van der Waals surface area contributed by atoms with Crippen molar-refractivity contribution in [3.8, 4) is 39.5 Å². The highest BCUT2D eigenvalue weighted by atomic mass is 19.4. The third-order valence-electron chi connectivity index (χ3n) is 21.5. The molecule has 147 heavy (non-hydrogen) atoms. The van der Waals surface area contributed by atoms with Crippen molar-refractivity contribution in [3.05, 3.63) is 315 Å². The van der Waals surface area contributed by atoms with Gasteiger partial charge >= 0.3 is 12.4 Å². The van der Waals surface area contributed by atoms with Crippen molar-refractivity contribution >= 4 is 117 Å². The van der Waals surface area contributed by atoms with Crippen molar-refractivity contribution in [1.29, 1.82) is 0 Å². The predicted molar refractivity (Wildman–Crippen MR) is 531 cm³/mol. The molecule has 0 bridgehead atoms. The highest BCUT2D eigenvalue weighted by Gasteiger charge is 2.34. The summed E-state index contributed by atoms with van der Waals surface area (Å²) in [6.07, 6.45) is 23.1. The van der Waals surface area contributed by atoms with Gasteiger partial charge in [-0.05, 0) is 121 Å². The van der Waals surface area contributed by atoms with Gasteiger partial charge in [-0.3, -0.25) is 29.9 Å². The van der Waals surface area contributed by atoms with Crippen molar-refractivity contribution in [2.24, 2.45) is 20.4 Å². The fourth-order valence-corrected chi connectivity index (χ4v) is 14.5. The van der Waals surface area contributed by atoms with Crippen LogP contribution in [0, 0.1) is 23.3 Å². The molecule has 0 unspecified atom stereocenters. The van der Waals surface area contributed by atoms with Gasteiger partial charge in [-0.1, -0.05) is 24.3 Å². The minimum absolute atomic E-state index is 0.108. The van der Waals surface area contributed by atoms with E-state index in [1.54, 1.807) is 102 Å². The molecule has 4 aliphatic heterocycles. The van der Waals surface area contributed by atoms with E-state index in [0.29, 0.717) is 151 Å². The molecular weight excluding hydrogens is 1920 g/mol. The molecule has 0 amide bonds. The van der Waals surface area contributed by atoms with Crippen molar-refractivity contribution in [2.45, 2.75) is 12.4 Å². The van der Waals surface area contributed by atoms with Gasteiger partial charge in [0.25, 0.3) is 0 Å². The number of hydrogen-bond donors (Lipinski definition) is 8. The Morgan fingerprint density at radius 2 is 0.646 bits per heavy atom. The smallest absolute Gasteiger partial charge is 0.378 e. The number of aromatic nitrogens is 20. The molecule has 8 N–H and O–H groups in total. The molecule has 0 atom stereocenters. The molecule has 50 heteroatoms. The minimum atomic E-state index is -4.54. The number of imidazole rings is 1. The SMILES string of the molecule is Fc1cnc(N/N=C/c2ccc(Nc3cc(-c4ccncn4)cc(C(F)(F)F)c3)cn2)nc1N1CCOCC1.Fc1cnc(N/N=C/c2ccc(Nc3cc(-n4ccnc4)cc(C(F)(F)F)c3)cn2)nc1N1CCOCC1.Fc1cnc(N/N=C/c2ccc(Nc3cccc(-c4ccncn4)c3)cn2)nc1N1CCOCC1.Fc1cnc(N/N=C/c2ccc(Nc3cccc(-c4cnccn4)c3)cn2)nc1N1CCOCC1. The second-order valence-electron chi connectivity index (χ2n) is 31.7.